The van der Waals surface area contributed by atoms with E-state index in [1.165, 1.54) is 18.6 Å². The van der Waals surface area contributed by atoms with E-state index in [1.54, 1.807) is 6.92 Å². The maximum Gasteiger partial charge on any atom is 0.181 e. The molecule has 0 aliphatic carbocycles. The molecule has 1 heterocycles. The number of hydrogen-bond donors (Lipinski definition) is 0. The Morgan fingerprint density at radius 1 is 1.44 bits per heavy atom. The standard InChI is InChI=1S/C10H14N2O3S/c1-2-16(14,15)7-3-4-10(13)9-5-6-11-8-12-9/h5-6,8H,2-4,7H2,1H3. The largest absolute Gasteiger partial charge is 0.292 e. The fourth-order valence-corrected chi connectivity index (χ4v) is 2.05. The molecule has 0 unspecified atom stereocenters. The topological polar surface area (TPSA) is 77.0 Å². The van der Waals surface area contributed by atoms with Crippen LogP contribution in [0.3, 0.4) is 0 Å². The molecule has 0 bridgehead atoms. The van der Waals surface area contributed by atoms with Gasteiger partial charge in [0, 0.05) is 18.4 Å². The fourth-order valence-electron chi connectivity index (χ4n) is 1.18. The Balaban J connectivity index is 2.43. The molecule has 0 fully saturated rings. The molecule has 0 atom stereocenters. The van der Waals surface area contributed by atoms with Crippen LogP contribution in [0.2, 0.25) is 0 Å². The summed E-state index contributed by atoms with van der Waals surface area (Å²) >= 11 is 0. The molecule has 5 nitrogen and oxygen atoms in total. The van der Waals surface area contributed by atoms with E-state index in [2.05, 4.69) is 9.97 Å². The molecular formula is C10H14N2O3S. The number of carbonyl (C=O) groups is 1. The second kappa shape index (κ2) is 5.69. The van der Waals surface area contributed by atoms with Crippen LogP contribution in [0.25, 0.3) is 0 Å². The fraction of sp³-hybridized carbons (Fsp3) is 0.500. The lowest BCUT2D eigenvalue weighted by Gasteiger charge is -2.00. The molecule has 0 aromatic carbocycles. The van der Waals surface area contributed by atoms with E-state index >= 15 is 0 Å². The van der Waals surface area contributed by atoms with Gasteiger partial charge in [-0.05, 0) is 12.5 Å². The van der Waals surface area contributed by atoms with Crippen molar-refractivity contribution in [3.05, 3.63) is 24.3 Å². The summed E-state index contributed by atoms with van der Waals surface area (Å²) in [6, 6.07) is 1.52. The van der Waals surface area contributed by atoms with Gasteiger partial charge >= 0.3 is 0 Å². The van der Waals surface area contributed by atoms with Crippen molar-refractivity contribution in [2.75, 3.05) is 11.5 Å². The summed E-state index contributed by atoms with van der Waals surface area (Å²) in [7, 11) is -2.98. The normalized spacial score (nSPS) is 11.3. The van der Waals surface area contributed by atoms with E-state index in [0.29, 0.717) is 12.1 Å². The Morgan fingerprint density at radius 2 is 2.19 bits per heavy atom. The van der Waals surface area contributed by atoms with E-state index in [1.807, 2.05) is 0 Å². The summed E-state index contributed by atoms with van der Waals surface area (Å²) < 4.78 is 22.4. The molecule has 0 saturated carbocycles. The quantitative estimate of drug-likeness (QED) is 0.692. The van der Waals surface area contributed by atoms with E-state index in [0.717, 1.165) is 0 Å². The maximum absolute atomic E-state index is 11.5. The second-order valence-electron chi connectivity index (χ2n) is 3.36. The van der Waals surface area contributed by atoms with Crippen molar-refractivity contribution < 1.29 is 13.2 Å². The van der Waals surface area contributed by atoms with Gasteiger partial charge < -0.3 is 0 Å². The van der Waals surface area contributed by atoms with Crippen LogP contribution in [-0.2, 0) is 9.84 Å². The Kier molecular flexibility index (Phi) is 4.54. The Labute approximate surface area is 94.8 Å². The Bertz CT molecular complexity index is 442. The van der Waals surface area contributed by atoms with E-state index < -0.39 is 9.84 Å². The highest BCUT2D eigenvalue weighted by atomic mass is 32.2. The predicted octanol–water partition coefficient (Wildman–Crippen LogP) is 0.874. The van der Waals surface area contributed by atoms with E-state index in [-0.39, 0.29) is 23.7 Å². The first-order chi connectivity index (χ1) is 7.55. The highest BCUT2D eigenvalue weighted by Gasteiger charge is 2.11. The first-order valence-electron chi connectivity index (χ1n) is 5.05. The van der Waals surface area contributed by atoms with Crippen LogP contribution in [0, 0.1) is 0 Å². The summed E-state index contributed by atoms with van der Waals surface area (Å²) in [5, 5.41) is 0. The monoisotopic (exact) mass is 242 g/mol. The van der Waals surface area contributed by atoms with Crippen LogP contribution < -0.4 is 0 Å². The predicted molar refractivity (Wildman–Crippen MR) is 59.9 cm³/mol. The molecule has 16 heavy (non-hydrogen) atoms. The van der Waals surface area contributed by atoms with Gasteiger partial charge in [-0.25, -0.2) is 18.4 Å². The molecule has 1 aromatic rings. The molecule has 0 aliphatic rings. The minimum absolute atomic E-state index is 0.0559. The Morgan fingerprint density at radius 3 is 2.75 bits per heavy atom. The number of Topliss-reactive ketones (excluding diaryl/α,β-unsaturated/α-hetero) is 1. The van der Waals surface area contributed by atoms with E-state index in [9.17, 15) is 13.2 Å². The third kappa shape index (κ3) is 4.06. The van der Waals surface area contributed by atoms with Crippen LogP contribution in [0.1, 0.15) is 30.3 Å². The average Bonchev–Trinajstić information content (AvgIpc) is 2.30. The van der Waals surface area contributed by atoms with Crippen molar-refractivity contribution >= 4 is 15.6 Å². The van der Waals surface area contributed by atoms with Gasteiger partial charge in [-0.2, -0.15) is 0 Å². The van der Waals surface area contributed by atoms with Crippen molar-refractivity contribution in [2.45, 2.75) is 19.8 Å². The first-order valence-corrected chi connectivity index (χ1v) is 6.87. The molecule has 0 amide bonds. The average molecular weight is 242 g/mol. The van der Waals surface area contributed by atoms with Gasteiger partial charge in [0.15, 0.2) is 5.78 Å². The summed E-state index contributed by atoms with van der Waals surface area (Å²) in [6.07, 6.45) is 3.34. The lowest BCUT2D eigenvalue weighted by Crippen LogP contribution is -2.11. The molecular weight excluding hydrogens is 228 g/mol. The van der Waals surface area contributed by atoms with Crippen LogP contribution in [-0.4, -0.2) is 35.7 Å². The van der Waals surface area contributed by atoms with E-state index in [4.69, 9.17) is 0 Å². The summed E-state index contributed by atoms with van der Waals surface area (Å²) in [5.74, 6) is 0.0309. The van der Waals surface area contributed by atoms with Gasteiger partial charge in [0.2, 0.25) is 0 Å². The molecule has 0 spiro atoms. The molecule has 1 aromatic heterocycles. The van der Waals surface area contributed by atoms with Crippen molar-refractivity contribution in [1.82, 2.24) is 9.97 Å². The second-order valence-corrected chi connectivity index (χ2v) is 5.83. The van der Waals surface area contributed by atoms with Gasteiger partial charge in [0.05, 0.1) is 5.75 Å². The molecule has 0 radical (unpaired) electrons. The molecule has 6 heteroatoms. The molecule has 0 aliphatic heterocycles. The van der Waals surface area contributed by atoms with Crippen molar-refractivity contribution in [3.8, 4) is 0 Å². The number of nitrogens with zero attached hydrogens (tertiary/aromatic N) is 2. The van der Waals surface area contributed by atoms with Gasteiger partial charge in [-0.1, -0.05) is 6.92 Å². The third-order valence-electron chi connectivity index (χ3n) is 2.17. The van der Waals surface area contributed by atoms with Gasteiger partial charge in [-0.3, -0.25) is 4.79 Å². The number of hydrogen-bond acceptors (Lipinski definition) is 5. The van der Waals surface area contributed by atoms with Gasteiger partial charge in [0.1, 0.15) is 21.9 Å². The molecule has 1 rings (SSSR count). The zero-order chi connectivity index (χ0) is 12.0. The summed E-state index contributed by atoms with van der Waals surface area (Å²) in [6.45, 7) is 1.60. The summed E-state index contributed by atoms with van der Waals surface area (Å²) in [4.78, 5) is 19.0. The zero-order valence-electron chi connectivity index (χ0n) is 9.09. The maximum atomic E-state index is 11.5. The number of rotatable bonds is 6. The van der Waals surface area contributed by atoms with Crippen LogP contribution in [0.15, 0.2) is 18.6 Å². The highest BCUT2D eigenvalue weighted by Crippen LogP contribution is 2.03. The third-order valence-corrected chi connectivity index (χ3v) is 3.96. The number of carbonyl (C=O) groups excluding carboxylic acids is 1. The SMILES string of the molecule is CCS(=O)(=O)CCCC(=O)c1ccncn1. The lowest BCUT2D eigenvalue weighted by atomic mass is 10.2. The number of ketones is 1. The Hall–Kier alpha value is -1.30. The molecule has 0 N–H and O–H groups in total. The minimum atomic E-state index is -2.98. The van der Waals surface area contributed by atoms with Crippen LogP contribution in [0.4, 0.5) is 0 Å². The van der Waals surface area contributed by atoms with Gasteiger partial charge in [0.25, 0.3) is 0 Å². The first kappa shape index (κ1) is 12.8. The smallest absolute Gasteiger partial charge is 0.181 e. The molecule has 88 valence electrons. The van der Waals surface area contributed by atoms with Gasteiger partial charge in [-0.15, -0.1) is 0 Å². The van der Waals surface area contributed by atoms with Crippen molar-refractivity contribution in [1.29, 1.82) is 0 Å². The number of aromatic nitrogens is 2. The van der Waals surface area contributed by atoms with Crippen LogP contribution >= 0.6 is 0 Å². The highest BCUT2D eigenvalue weighted by molar-refractivity contribution is 7.91. The number of sulfone groups is 1. The zero-order valence-corrected chi connectivity index (χ0v) is 9.90. The van der Waals surface area contributed by atoms with Crippen molar-refractivity contribution in [3.63, 3.8) is 0 Å². The van der Waals surface area contributed by atoms with Crippen molar-refractivity contribution in [2.24, 2.45) is 0 Å². The molecule has 0 saturated heterocycles. The minimum Gasteiger partial charge on any atom is -0.292 e. The summed E-state index contributed by atoms with van der Waals surface area (Å²) in [5.41, 5.74) is 0.337. The lowest BCUT2D eigenvalue weighted by molar-refractivity contribution is 0.0977. The van der Waals surface area contributed by atoms with Crippen LogP contribution in [0.5, 0.6) is 0 Å².